The van der Waals surface area contributed by atoms with E-state index in [2.05, 4.69) is 86.7 Å². The fourth-order valence-corrected chi connectivity index (χ4v) is 18.9. The molecule has 8 N–H and O–H groups in total. The van der Waals surface area contributed by atoms with Gasteiger partial charge < -0.3 is 80.4 Å². The number of carbonyl (C=O) groups excluding carboxylic acids is 9. The third-order valence-corrected chi connectivity index (χ3v) is 28.1. The third kappa shape index (κ3) is 28.2. The van der Waals surface area contributed by atoms with Crippen molar-refractivity contribution in [3.05, 3.63) is 144 Å². The number of carboxylic acid groups (broad SMARTS) is 2. The monoisotopic (exact) mass is 1790 g/mol. The number of ether oxygens (including phenoxy) is 5. The second-order valence-corrected chi connectivity index (χ2v) is 41.7. The predicted octanol–water partition coefficient (Wildman–Crippen LogP) is 16.3. The zero-order valence-corrected chi connectivity index (χ0v) is 78.1. The summed E-state index contributed by atoms with van der Waals surface area (Å²) in [6, 6.07) is 42.5. The summed E-state index contributed by atoms with van der Waals surface area (Å²) in [4.78, 5) is 140. The van der Waals surface area contributed by atoms with Crippen molar-refractivity contribution in [2.24, 2.45) is 51.1 Å². The topological polar surface area (TPSA) is 358 Å². The number of amides is 6. The van der Waals surface area contributed by atoms with Crippen LogP contribution >= 0.6 is 12.4 Å². The van der Waals surface area contributed by atoms with Crippen molar-refractivity contribution in [3.8, 4) is 0 Å². The fourth-order valence-electron chi connectivity index (χ4n) is 18.9. The first-order chi connectivity index (χ1) is 60.3. The van der Waals surface area contributed by atoms with Gasteiger partial charge in [0.2, 0.25) is 17.7 Å². The number of halogens is 1. The van der Waals surface area contributed by atoms with Gasteiger partial charge in [0.15, 0.2) is 0 Å². The molecule has 0 aliphatic heterocycles. The minimum absolute atomic E-state index is 0. The molecule has 8 atom stereocenters. The van der Waals surface area contributed by atoms with Gasteiger partial charge in [-0.3, -0.25) is 33.6 Å². The van der Waals surface area contributed by atoms with Crippen molar-refractivity contribution in [1.29, 1.82) is 0 Å². The minimum Gasteiger partial charge on any atom is -0.481 e. The predicted molar refractivity (Wildman–Crippen MR) is 488 cm³/mol. The maximum absolute atomic E-state index is 13.3. The molecule has 0 radical (unpaired) electrons. The maximum Gasteiger partial charge on any atom is 0.410 e. The summed E-state index contributed by atoms with van der Waals surface area (Å²) in [6.45, 7) is 18.8. The Hall–Kier alpha value is -9.14. The molecule has 26 nitrogen and oxygen atoms in total. The van der Waals surface area contributed by atoms with Crippen LogP contribution in [0.2, 0.25) is 0 Å². The Morgan fingerprint density at radius 3 is 0.945 bits per heavy atom. The number of hydrogen-bond acceptors (Lipinski definition) is 18. The van der Waals surface area contributed by atoms with E-state index in [0.717, 1.165) is 154 Å². The highest BCUT2D eigenvalue weighted by Crippen LogP contribution is 2.55. The summed E-state index contributed by atoms with van der Waals surface area (Å²) in [5.74, 6) is -0.501. The fraction of sp³-hybridized carbons (Fsp3) is 0.653. The first-order valence-corrected chi connectivity index (χ1v) is 47.0. The van der Waals surface area contributed by atoms with Crippen LogP contribution in [0.4, 0.5) is 14.4 Å². The van der Waals surface area contributed by atoms with E-state index in [0.29, 0.717) is 82.1 Å². The van der Waals surface area contributed by atoms with Gasteiger partial charge in [-0.2, -0.15) is 0 Å². The molecule has 6 amide bonds. The van der Waals surface area contributed by atoms with Crippen molar-refractivity contribution in [3.63, 3.8) is 0 Å². The Morgan fingerprint density at radius 1 is 0.391 bits per heavy atom. The van der Waals surface area contributed by atoms with Gasteiger partial charge in [-0.05, 0) is 264 Å². The third-order valence-electron chi connectivity index (χ3n) is 28.1. The van der Waals surface area contributed by atoms with E-state index >= 15 is 0 Å². The molecule has 12 saturated carbocycles. The number of aliphatic carboxylic acids is 2. The molecule has 12 aliphatic rings. The van der Waals surface area contributed by atoms with Crippen LogP contribution in [0.15, 0.2) is 121 Å². The van der Waals surface area contributed by atoms with Gasteiger partial charge in [-0.25, -0.2) is 14.4 Å². The average Bonchev–Trinajstić information content (AvgIpc) is 1.59. The lowest BCUT2D eigenvalue weighted by Gasteiger charge is -2.32. The Morgan fingerprint density at radius 2 is 0.672 bits per heavy atom. The molecule has 16 rings (SSSR count). The summed E-state index contributed by atoms with van der Waals surface area (Å²) in [7, 11) is 2.86. The van der Waals surface area contributed by atoms with Gasteiger partial charge in [0.1, 0.15) is 23.1 Å². The van der Waals surface area contributed by atoms with Crippen LogP contribution in [-0.2, 0) is 62.0 Å². The van der Waals surface area contributed by atoms with Gasteiger partial charge in [0, 0.05) is 104 Å². The van der Waals surface area contributed by atoms with Gasteiger partial charge in [0.25, 0.3) is 0 Å². The van der Waals surface area contributed by atoms with E-state index < -0.39 is 39.6 Å². The lowest BCUT2D eigenvalue weighted by Crippen LogP contribution is -2.48. The number of benzene rings is 4. The summed E-state index contributed by atoms with van der Waals surface area (Å²) >= 11 is 0. The molecule has 4 aromatic carbocycles. The van der Waals surface area contributed by atoms with Crippen molar-refractivity contribution >= 4 is 78.6 Å². The standard InChI is InChI=1S/C27H38N2O5.C26H36N2O5.C21H28N2O3.C19H25NO3.C8H15NO2.ClH/c1-26(2,3)34-25(32)29(22-16-21(22)18-8-6-5-7-9-18)17-27(14-15-27)24(31)28-20-12-10-19(11-13-20)23(30)33-4;1-25(2,3)33-24(32)28(21-15-20(21)17-7-5-4-6-8-17)16-26(13-14-26)23(31)27-19-11-9-18(10-12-19)22(29)30;24-19(25)15-6-8-16(9-7-15)23-20(26)21(10-11-21)13-22-18-12-17(18)14-4-2-1-3-5-14;1-18(2,3)23-17(22)20(12-19(13-21)9-10-19)16-11-15(16)14-7-5-4-6-8-14;1-11-8(10)6-2-4-7(9)5-3-6;/h5-9,19-22H,10-17H2,1-4H3,(H,28,31);4-8,18-21H,9-16H2,1-3H3,(H,27,31)(H,29,30);1-5,15-18,22H,6-13H2,(H,23,26)(H,24,25);4-8,13,15-16H,9-12H2,1-3H3;6-7H,2-5,9H2,1H3;1H/t19?,20?,21?,22-;18?,19?,20?,21-;15?,16?,17?,18-;15?,16-;;/m0000../s1. The Bertz CT molecular complexity index is 4400. The molecule has 128 heavy (non-hydrogen) atoms. The van der Waals surface area contributed by atoms with Crippen LogP contribution in [0.1, 0.15) is 288 Å². The van der Waals surface area contributed by atoms with Crippen LogP contribution in [0, 0.1) is 45.3 Å². The molecule has 0 spiro atoms. The molecule has 27 heteroatoms. The Labute approximate surface area is 763 Å². The van der Waals surface area contributed by atoms with Crippen molar-refractivity contribution < 1.29 is 86.6 Å². The first-order valence-electron chi connectivity index (χ1n) is 47.0. The summed E-state index contributed by atoms with van der Waals surface area (Å²) in [6.07, 6.45) is 22.8. The molecule has 12 fully saturated rings. The number of methoxy groups -OCH3 is 2. The molecule has 702 valence electrons. The number of nitrogens with zero attached hydrogens (tertiary/aromatic N) is 3. The Kier molecular flexibility index (Phi) is 33.3. The Balaban J connectivity index is 0.000000160. The second-order valence-electron chi connectivity index (χ2n) is 41.7. The zero-order chi connectivity index (χ0) is 91.4. The summed E-state index contributed by atoms with van der Waals surface area (Å²) < 4.78 is 26.6. The highest BCUT2D eigenvalue weighted by atomic mass is 35.5. The number of hydrogen-bond donors (Lipinski definition) is 7. The number of carboxylic acids is 2. The minimum atomic E-state index is -0.746. The lowest BCUT2D eigenvalue weighted by atomic mass is 9.85. The van der Waals surface area contributed by atoms with E-state index in [4.69, 9.17) is 29.8 Å². The molecule has 0 aromatic heterocycles. The molecule has 0 bridgehead atoms. The average molecular weight is 1790 g/mol. The summed E-state index contributed by atoms with van der Waals surface area (Å²) in [5.41, 5.74) is 7.36. The van der Waals surface area contributed by atoms with Crippen LogP contribution < -0.4 is 27.0 Å². The van der Waals surface area contributed by atoms with Gasteiger partial charge >= 0.3 is 42.2 Å². The SMILES string of the molecule is CC(C)(C)OC(=O)N(CC1(C(=O)NC2CCC(C(=O)O)CC2)CC1)[C@H]1CC1c1ccccc1.CC(C)(C)OC(=O)N(CC1(C=O)CC1)[C@H]1CC1c1ccccc1.COC(=O)C1CCC(N)CC1.COC(=O)C1CCC(NC(=O)C2(CN(C(=O)OC(C)(C)C)[C@H]3CC3c3ccccc3)CC2)CC1.Cl.O=C(O)C1CCC(NC(=O)C2(CN[C@H]3CC3c3ccccc3)CC2)CC1. The van der Waals surface area contributed by atoms with E-state index in [9.17, 15) is 57.8 Å². The number of nitrogens with one attached hydrogen (secondary N) is 4. The van der Waals surface area contributed by atoms with Gasteiger partial charge in [-0.15, -0.1) is 12.4 Å². The molecule has 12 aliphatic carbocycles. The van der Waals surface area contributed by atoms with Gasteiger partial charge in [0.05, 0.1) is 54.1 Å². The van der Waals surface area contributed by atoms with Crippen LogP contribution in [0.5, 0.6) is 0 Å². The molecule has 4 aromatic rings. The largest absolute Gasteiger partial charge is 0.481 e. The van der Waals surface area contributed by atoms with Crippen molar-refractivity contribution in [2.75, 3.05) is 40.4 Å². The quantitative estimate of drug-likeness (QED) is 0.0166. The van der Waals surface area contributed by atoms with E-state index in [-0.39, 0.29) is 143 Å². The number of carbonyl (C=O) groups is 11. The number of esters is 2. The highest BCUT2D eigenvalue weighted by molar-refractivity contribution is 5.88. The van der Waals surface area contributed by atoms with Crippen LogP contribution in [0.3, 0.4) is 0 Å². The highest BCUT2D eigenvalue weighted by Gasteiger charge is 2.59. The number of rotatable bonds is 27. The van der Waals surface area contributed by atoms with Crippen LogP contribution in [-0.4, -0.2) is 197 Å². The molecular formula is C101H143ClN8O18. The molecule has 0 saturated heterocycles. The molecule has 4 unspecified atom stereocenters. The summed E-state index contributed by atoms with van der Waals surface area (Å²) in [5, 5.41) is 31.5. The van der Waals surface area contributed by atoms with Crippen molar-refractivity contribution in [1.82, 2.24) is 36.0 Å². The van der Waals surface area contributed by atoms with Gasteiger partial charge in [-0.1, -0.05) is 121 Å². The molecule has 0 heterocycles. The number of nitrogens with two attached hydrogens (primary N) is 1. The lowest BCUT2D eigenvalue weighted by molar-refractivity contribution is -0.147. The molecular weight excluding hydrogens is 1650 g/mol. The van der Waals surface area contributed by atoms with Crippen molar-refractivity contribution in [2.45, 2.75) is 331 Å². The normalized spacial score (nSPS) is 28.0. The van der Waals surface area contributed by atoms with E-state index in [1.807, 2.05) is 128 Å². The van der Waals surface area contributed by atoms with E-state index in [1.165, 1.54) is 36.5 Å². The number of aldehydes is 1. The zero-order valence-electron chi connectivity index (χ0n) is 77.2. The maximum atomic E-state index is 13.3. The second kappa shape index (κ2) is 42.8. The van der Waals surface area contributed by atoms with E-state index in [1.54, 1.807) is 9.80 Å². The van der Waals surface area contributed by atoms with Crippen LogP contribution in [0.25, 0.3) is 0 Å². The smallest absolute Gasteiger partial charge is 0.410 e. The first kappa shape index (κ1) is 99.4.